The van der Waals surface area contributed by atoms with E-state index in [9.17, 15) is 17.2 Å². The second kappa shape index (κ2) is 13.9. The summed E-state index contributed by atoms with van der Waals surface area (Å²) in [6.07, 6.45) is 12.6. The number of halogens is 2. The molecule has 0 radical (unpaired) electrons. The van der Waals surface area contributed by atoms with Crippen LogP contribution in [0.15, 0.2) is 121 Å². The molecule has 10 nitrogen and oxygen atoms in total. The maximum absolute atomic E-state index is 14.7. The van der Waals surface area contributed by atoms with Crippen LogP contribution in [-0.4, -0.2) is 65.2 Å². The summed E-state index contributed by atoms with van der Waals surface area (Å²) in [5.74, 6) is -0.725. The molecule has 0 aliphatic heterocycles. The van der Waals surface area contributed by atoms with Crippen molar-refractivity contribution in [3.63, 3.8) is 0 Å². The zero-order chi connectivity index (χ0) is 38.6. The molecule has 0 saturated carbocycles. The van der Waals surface area contributed by atoms with Crippen LogP contribution < -0.4 is 3.58 Å². The van der Waals surface area contributed by atoms with Gasteiger partial charge in [0.15, 0.2) is 5.65 Å². The summed E-state index contributed by atoms with van der Waals surface area (Å²) < 4.78 is 59.7. The van der Waals surface area contributed by atoms with Crippen LogP contribution in [0.3, 0.4) is 0 Å². The predicted molar refractivity (Wildman–Crippen MR) is 214 cm³/mol. The maximum atomic E-state index is 14.7. The molecule has 0 aliphatic carbocycles. The van der Waals surface area contributed by atoms with Crippen molar-refractivity contribution in [2.45, 2.75) is 26.6 Å². The molecule has 0 spiro atoms. The summed E-state index contributed by atoms with van der Waals surface area (Å²) in [5, 5.41) is 2.91. The van der Waals surface area contributed by atoms with Gasteiger partial charge in [0, 0.05) is 28.7 Å². The standard InChI is InChI=1S/C22H15FN4O2S.C16H10FN4.3CH3.Sn/c1-14-4-6-17(7-5-14)30(28,29)27-21-13-25-20(15-3-2-8-24-11-15)10-18(21)19-9-16(23)12-26-22(19)27;1-21-15-9-19-14(10-3-2-4-18-7-10)6-12(15)13-5-11(17)8-20-16(13)21;;;;/h2-13H,1H3;2-4,6-9H,1H3;3*1H3;. The average molecular weight is 860 g/mol. The molecule has 9 aromatic rings. The molecule has 0 bridgehead atoms. The van der Waals surface area contributed by atoms with Gasteiger partial charge >= 0.3 is 150 Å². The fourth-order valence-electron chi connectivity index (χ4n) is 6.89. The van der Waals surface area contributed by atoms with Crippen LogP contribution >= 0.6 is 0 Å². The van der Waals surface area contributed by atoms with Gasteiger partial charge in [-0.1, -0.05) is 17.7 Å². The Hall–Kier alpha value is -5.67. The summed E-state index contributed by atoms with van der Waals surface area (Å²) in [5.41, 5.74) is 6.38. The van der Waals surface area contributed by atoms with Crippen molar-refractivity contribution in [2.75, 3.05) is 0 Å². The molecule has 0 unspecified atom stereocenters. The third-order valence-corrected chi connectivity index (χ3v) is 16.9. The van der Waals surface area contributed by atoms with Gasteiger partial charge in [0.05, 0.1) is 28.5 Å². The molecule has 14 heteroatoms. The Morgan fingerprint density at radius 2 is 1.25 bits per heavy atom. The van der Waals surface area contributed by atoms with E-state index >= 15 is 0 Å². The van der Waals surface area contributed by atoms with Crippen molar-refractivity contribution >= 4 is 75.9 Å². The fraction of sp³-hybridized carbons (Fsp3) is 0.122. The number of aromatic nitrogens is 8. The van der Waals surface area contributed by atoms with Gasteiger partial charge in [0.25, 0.3) is 10.0 Å². The van der Waals surface area contributed by atoms with Crippen molar-refractivity contribution in [1.82, 2.24) is 38.4 Å². The van der Waals surface area contributed by atoms with Crippen LogP contribution in [0, 0.1) is 18.6 Å². The van der Waals surface area contributed by atoms with E-state index in [2.05, 4.69) is 44.7 Å². The number of nitrogens with zero attached hydrogens (tertiary/aromatic N) is 8. The van der Waals surface area contributed by atoms with E-state index in [1.54, 1.807) is 61.2 Å². The molecule has 0 fully saturated rings. The van der Waals surface area contributed by atoms with Crippen molar-refractivity contribution < 1.29 is 17.2 Å². The molecule has 0 N–H and O–H groups in total. The average Bonchev–Trinajstić information content (AvgIpc) is 3.66. The monoisotopic (exact) mass is 860 g/mol. The first-order chi connectivity index (χ1) is 26.3. The van der Waals surface area contributed by atoms with E-state index in [1.165, 1.54) is 18.5 Å². The van der Waals surface area contributed by atoms with Crippen molar-refractivity contribution in [3.05, 3.63) is 134 Å². The van der Waals surface area contributed by atoms with E-state index in [-0.39, 0.29) is 16.4 Å². The minimum atomic E-state index is -3.98. The first-order valence-electron chi connectivity index (χ1n) is 17.3. The predicted octanol–water partition coefficient (Wildman–Crippen LogP) is 8.20. The van der Waals surface area contributed by atoms with Crippen LogP contribution in [0.2, 0.25) is 14.8 Å². The van der Waals surface area contributed by atoms with Gasteiger partial charge in [-0.05, 0) is 43.3 Å². The van der Waals surface area contributed by atoms with Gasteiger partial charge in [-0.15, -0.1) is 0 Å². The van der Waals surface area contributed by atoms with Crippen molar-refractivity contribution in [3.8, 4) is 22.5 Å². The summed E-state index contributed by atoms with van der Waals surface area (Å²) in [7, 11) is -2.02. The van der Waals surface area contributed by atoms with Crippen LogP contribution in [-0.2, 0) is 17.1 Å². The topological polar surface area (TPSA) is 121 Å². The first-order valence-corrected chi connectivity index (χ1v) is 28.8. The van der Waals surface area contributed by atoms with Crippen LogP contribution in [0.1, 0.15) is 5.56 Å². The second-order valence-corrected chi connectivity index (χ2v) is 30.3. The van der Waals surface area contributed by atoms with E-state index in [0.29, 0.717) is 22.0 Å². The second-order valence-electron chi connectivity index (χ2n) is 14.3. The molecular formula is C41H34F2N8O2SSn. The van der Waals surface area contributed by atoms with Crippen molar-refractivity contribution in [2.24, 2.45) is 7.05 Å². The van der Waals surface area contributed by atoms with Gasteiger partial charge in [0.2, 0.25) is 0 Å². The fourth-order valence-corrected chi connectivity index (χ4v) is 13.4. The molecule has 274 valence electrons. The van der Waals surface area contributed by atoms with Gasteiger partial charge in [0.1, 0.15) is 5.82 Å². The van der Waals surface area contributed by atoms with Gasteiger partial charge < -0.3 is 0 Å². The summed E-state index contributed by atoms with van der Waals surface area (Å²) in [6.45, 7) is 1.88. The molecule has 0 saturated heterocycles. The SMILES string of the molecule is Cc1ccc(S(=O)(=O)n2c3cnc(-c4cccnc4)cc3c3cc(F)cnc32)cc1.Cn1c2cnc(-c3cccnc3)cc2c2[c]([Sn]([CH3])([CH3])[CH3])c(F)cnc21. The molecule has 0 amide bonds. The van der Waals surface area contributed by atoms with Gasteiger partial charge in [-0.2, -0.15) is 0 Å². The molecule has 1 aromatic carbocycles. The number of pyridine rings is 6. The Morgan fingerprint density at radius 3 is 1.85 bits per heavy atom. The van der Waals surface area contributed by atoms with Gasteiger partial charge in [-0.3, -0.25) is 9.97 Å². The summed E-state index contributed by atoms with van der Waals surface area (Å²) in [4.78, 5) is 32.6. The number of hydrogen-bond donors (Lipinski definition) is 0. The summed E-state index contributed by atoms with van der Waals surface area (Å²) in [6, 6.07) is 19.1. The first kappa shape index (κ1) is 36.3. The van der Waals surface area contributed by atoms with Crippen molar-refractivity contribution in [1.29, 1.82) is 0 Å². The normalized spacial score (nSPS) is 12.1. The zero-order valence-electron chi connectivity index (χ0n) is 30.5. The number of fused-ring (bicyclic) bond motifs is 6. The summed E-state index contributed by atoms with van der Waals surface area (Å²) >= 11 is -2.71. The Kier molecular flexibility index (Phi) is 9.16. The van der Waals surface area contributed by atoms with Crippen LogP contribution in [0.25, 0.3) is 66.4 Å². The third kappa shape index (κ3) is 6.50. The molecule has 0 atom stereocenters. The quantitative estimate of drug-likeness (QED) is 0.159. The molecular weight excluding hydrogens is 825 g/mol. The van der Waals surface area contributed by atoms with E-state index in [0.717, 1.165) is 58.1 Å². The number of benzene rings is 1. The van der Waals surface area contributed by atoms with E-state index in [4.69, 9.17) is 0 Å². The Morgan fingerprint density at radius 1 is 0.655 bits per heavy atom. The minimum absolute atomic E-state index is 0.120. The Balaban J connectivity index is 0.000000158. The van der Waals surface area contributed by atoms with Crippen LogP contribution in [0.4, 0.5) is 8.78 Å². The molecule has 8 heterocycles. The molecule has 8 aromatic heterocycles. The van der Waals surface area contributed by atoms with Gasteiger partial charge in [-0.25, -0.2) is 21.8 Å². The van der Waals surface area contributed by atoms with Crippen LogP contribution in [0.5, 0.6) is 0 Å². The number of hydrogen-bond acceptors (Lipinski definition) is 8. The zero-order valence-corrected chi connectivity index (χ0v) is 34.2. The Labute approximate surface area is 319 Å². The Bertz CT molecular complexity index is 3020. The molecule has 9 rings (SSSR count). The number of aryl methyl sites for hydroxylation is 2. The third-order valence-electron chi connectivity index (χ3n) is 9.49. The molecule has 0 aliphatic rings. The molecule has 55 heavy (non-hydrogen) atoms. The van der Waals surface area contributed by atoms with E-state index < -0.39 is 34.2 Å². The van der Waals surface area contributed by atoms with E-state index in [1.807, 2.05) is 49.0 Å². The number of rotatable bonds is 5.